The van der Waals surface area contributed by atoms with E-state index in [0.29, 0.717) is 0 Å². The minimum absolute atomic E-state index is 0.00321. The van der Waals surface area contributed by atoms with Crippen LogP contribution in [0.5, 0.6) is 0 Å². The van der Waals surface area contributed by atoms with E-state index in [-0.39, 0.29) is 19.4 Å². The number of aliphatic hydroxyl groups excluding tert-OH is 7. The third kappa shape index (κ3) is 6.76. The lowest BCUT2D eigenvalue weighted by Gasteiger charge is -2.46. The number of hydrogen-bond donors (Lipinski definition) is 10. The van der Waals surface area contributed by atoms with Crippen LogP contribution in [0, 0.1) is 0 Å². The van der Waals surface area contributed by atoms with E-state index in [9.17, 15) is 40.5 Å². The van der Waals surface area contributed by atoms with Crippen molar-refractivity contribution in [3.05, 3.63) is 0 Å². The first kappa shape index (κ1) is 28.2. The number of rotatable bonds is 11. The van der Waals surface area contributed by atoms with Gasteiger partial charge in [-0.1, -0.05) is 0 Å². The largest absolute Gasteiger partial charge is 0.480 e. The number of carboxylic acids is 1. The van der Waals surface area contributed by atoms with E-state index in [1.54, 1.807) is 0 Å². The average molecular weight is 486 g/mol. The van der Waals surface area contributed by atoms with Crippen molar-refractivity contribution in [2.45, 2.75) is 86.4 Å². The van der Waals surface area contributed by atoms with Crippen LogP contribution in [-0.2, 0) is 23.7 Å². The van der Waals surface area contributed by atoms with E-state index in [0.717, 1.165) is 0 Å². The standard InChI is InChI=1S/C18H34N2O13/c19-3-6(1-2-7(20)16(28)29)30-18-15(13(26)11(24)9(5-22)32-18)33-17-14(27)12(25)10(23)8(4-21)31-17/h6-15,17-18,21-27H,1-5,19-20H2,(H,28,29)/t6?,7-,8+,9+,10+,11-,12-,13-,14+,15+,17+,18+/m0/s1. The van der Waals surface area contributed by atoms with Gasteiger partial charge < -0.3 is 71.3 Å². The van der Waals surface area contributed by atoms with Crippen molar-refractivity contribution >= 4 is 5.97 Å². The Morgan fingerprint density at radius 3 is 1.91 bits per heavy atom. The lowest BCUT2D eigenvalue weighted by molar-refractivity contribution is -0.371. The number of aliphatic hydroxyl groups is 7. The molecule has 2 aliphatic heterocycles. The van der Waals surface area contributed by atoms with Gasteiger partial charge in [0.15, 0.2) is 12.6 Å². The summed E-state index contributed by atoms with van der Waals surface area (Å²) in [5.41, 5.74) is 11.2. The van der Waals surface area contributed by atoms with E-state index in [1.165, 1.54) is 0 Å². The Balaban J connectivity index is 2.18. The zero-order chi connectivity index (χ0) is 24.9. The minimum atomic E-state index is -1.80. The van der Waals surface area contributed by atoms with Gasteiger partial charge in [0.05, 0.1) is 19.3 Å². The first-order valence-corrected chi connectivity index (χ1v) is 10.5. The van der Waals surface area contributed by atoms with Crippen LogP contribution >= 0.6 is 0 Å². The zero-order valence-electron chi connectivity index (χ0n) is 17.7. The van der Waals surface area contributed by atoms with Crippen molar-refractivity contribution in [2.24, 2.45) is 11.5 Å². The van der Waals surface area contributed by atoms with Crippen molar-refractivity contribution in [3.8, 4) is 0 Å². The van der Waals surface area contributed by atoms with E-state index in [1.807, 2.05) is 0 Å². The zero-order valence-corrected chi connectivity index (χ0v) is 17.7. The lowest BCUT2D eigenvalue weighted by Crippen LogP contribution is -2.65. The molecule has 0 aromatic heterocycles. The van der Waals surface area contributed by atoms with Crippen LogP contribution in [0.4, 0.5) is 0 Å². The molecule has 0 bridgehead atoms. The molecule has 0 amide bonds. The van der Waals surface area contributed by atoms with Crippen LogP contribution in [0.2, 0.25) is 0 Å². The van der Waals surface area contributed by atoms with Gasteiger partial charge in [0.25, 0.3) is 0 Å². The second kappa shape index (κ2) is 12.6. The second-order valence-corrected chi connectivity index (χ2v) is 8.02. The molecule has 2 aliphatic rings. The van der Waals surface area contributed by atoms with E-state index in [4.69, 9.17) is 35.5 Å². The number of carboxylic acid groups (broad SMARTS) is 1. The smallest absolute Gasteiger partial charge is 0.320 e. The van der Waals surface area contributed by atoms with Crippen molar-refractivity contribution in [1.82, 2.24) is 0 Å². The van der Waals surface area contributed by atoms with Crippen molar-refractivity contribution in [3.63, 3.8) is 0 Å². The maximum atomic E-state index is 10.9. The normalized spacial score (nSPS) is 41.5. The Hall–Kier alpha value is -1.05. The van der Waals surface area contributed by atoms with Crippen molar-refractivity contribution in [2.75, 3.05) is 19.8 Å². The van der Waals surface area contributed by atoms with Gasteiger partial charge in [-0.3, -0.25) is 4.79 Å². The van der Waals surface area contributed by atoms with Gasteiger partial charge in [-0.2, -0.15) is 0 Å². The van der Waals surface area contributed by atoms with Crippen LogP contribution in [0.25, 0.3) is 0 Å². The molecule has 194 valence electrons. The van der Waals surface area contributed by atoms with Gasteiger partial charge in [0.1, 0.15) is 54.9 Å². The predicted molar refractivity (Wildman–Crippen MR) is 105 cm³/mol. The number of hydrogen-bond acceptors (Lipinski definition) is 14. The molecule has 0 aliphatic carbocycles. The maximum absolute atomic E-state index is 10.9. The van der Waals surface area contributed by atoms with Gasteiger partial charge in [-0.15, -0.1) is 0 Å². The summed E-state index contributed by atoms with van der Waals surface area (Å²) < 4.78 is 22.0. The molecule has 0 spiro atoms. The first-order valence-electron chi connectivity index (χ1n) is 10.5. The first-order chi connectivity index (χ1) is 15.5. The summed E-state index contributed by atoms with van der Waals surface area (Å²) in [4.78, 5) is 10.9. The van der Waals surface area contributed by atoms with Crippen LogP contribution in [0.3, 0.4) is 0 Å². The molecule has 0 saturated carbocycles. The quantitative estimate of drug-likeness (QED) is 0.130. The van der Waals surface area contributed by atoms with Crippen LogP contribution in [0.1, 0.15) is 12.8 Å². The Morgan fingerprint density at radius 1 is 0.848 bits per heavy atom. The fraction of sp³-hybridized carbons (Fsp3) is 0.944. The van der Waals surface area contributed by atoms with Gasteiger partial charge in [0.2, 0.25) is 0 Å². The summed E-state index contributed by atoms with van der Waals surface area (Å²) in [5, 5.41) is 78.6. The molecule has 1 unspecified atom stereocenters. The molecule has 33 heavy (non-hydrogen) atoms. The van der Waals surface area contributed by atoms with E-state index >= 15 is 0 Å². The Morgan fingerprint density at radius 2 is 1.39 bits per heavy atom. The summed E-state index contributed by atoms with van der Waals surface area (Å²) in [7, 11) is 0. The fourth-order valence-corrected chi connectivity index (χ4v) is 3.57. The second-order valence-electron chi connectivity index (χ2n) is 8.02. The molecule has 0 aromatic rings. The summed E-state index contributed by atoms with van der Waals surface area (Å²) in [6.07, 6.45) is -16.6. The fourth-order valence-electron chi connectivity index (χ4n) is 3.57. The molecule has 2 saturated heterocycles. The van der Waals surface area contributed by atoms with Crippen LogP contribution < -0.4 is 11.5 Å². The summed E-state index contributed by atoms with van der Waals surface area (Å²) in [6, 6.07) is -1.17. The lowest BCUT2D eigenvalue weighted by atomic mass is 9.97. The molecule has 12 N–H and O–H groups in total. The highest BCUT2D eigenvalue weighted by molar-refractivity contribution is 5.72. The molecule has 12 atom stereocenters. The van der Waals surface area contributed by atoms with Gasteiger partial charge in [-0.25, -0.2) is 0 Å². The highest BCUT2D eigenvalue weighted by Gasteiger charge is 2.51. The summed E-state index contributed by atoms with van der Waals surface area (Å²) >= 11 is 0. The molecular formula is C18H34N2O13. The summed E-state index contributed by atoms with van der Waals surface area (Å²) in [6.45, 7) is -1.52. The molecule has 15 nitrogen and oxygen atoms in total. The SMILES string of the molecule is NCC(CC[C@H](N)C(=O)O)O[C@@H]1O[C@H](CO)[C@H](O)[C@H](O)[C@H]1O[C@H]1O[C@H](CO)[C@@H](O)[C@H](O)[C@H]1O. The van der Waals surface area contributed by atoms with Crippen LogP contribution in [-0.4, -0.2) is 140 Å². The van der Waals surface area contributed by atoms with E-state index < -0.39 is 92.7 Å². The maximum Gasteiger partial charge on any atom is 0.320 e. The Kier molecular flexibility index (Phi) is 10.8. The predicted octanol–water partition coefficient (Wildman–Crippen LogP) is -5.85. The van der Waals surface area contributed by atoms with Crippen molar-refractivity contribution < 1.29 is 64.6 Å². The molecule has 0 radical (unpaired) electrons. The molecule has 15 heteroatoms. The highest BCUT2D eigenvalue weighted by Crippen LogP contribution is 2.30. The number of carbonyl (C=O) groups is 1. The van der Waals surface area contributed by atoms with Gasteiger partial charge in [-0.05, 0) is 12.8 Å². The molecule has 0 aromatic carbocycles. The third-order valence-corrected chi connectivity index (χ3v) is 5.67. The Labute approximate surface area is 189 Å². The monoisotopic (exact) mass is 486 g/mol. The van der Waals surface area contributed by atoms with Crippen LogP contribution in [0.15, 0.2) is 0 Å². The van der Waals surface area contributed by atoms with Crippen molar-refractivity contribution in [1.29, 1.82) is 0 Å². The van der Waals surface area contributed by atoms with Gasteiger partial charge in [0, 0.05) is 6.54 Å². The Bertz CT molecular complexity index is 614. The molecule has 2 heterocycles. The highest BCUT2D eigenvalue weighted by atomic mass is 16.8. The number of ether oxygens (including phenoxy) is 4. The van der Waals surface area contributed by atoms with Gasteiger partial charge >= 0.3 is 5.97 Å². The molecule has 2 fully saturated rings. The van der Waals surface area contributed by atoms with E-state index in [2.05, 4.69) is 0 Å². The number of nitrogens with two attached hydrogens (primary N) is 2. The topological polar surface area (TPSA) is 268 Å². The molecular weight excluding hydrogens is 452 g/mol. The average Bonchev–Trinajstić information content (AvgIpc) is 2.80. The molecule has 2 rings (SSSR count). The number of aliphatic carboxylic acids is 1. The minimum Gasteiger partial charge on any atom is -0.480 e. The third-order valence-electron chi connectivity index (χ3n) is 5.67. The summed E-state index contributed by atoms with van der Waals surface area (Å²) in [5.74, 6) is -1.22.